The van der Waals surface area contributed by atoms with Gasteiger partial charge in [0.25, 0.3) is 0 Å². The molecule has 0 bridgehead atoms. The molecule has 0 heterocycles. The number of hydrogen-bond donors (Lipinski definition) is 1. The van der Waals surface area contributed by atoms with Crippen LogP contribution in [0.5, 0.6) is 0 Å². The Bertz CT molecular complexity index is 366. The predicted molar refractivity (Wildman–Crippen MR) is 77.8 cm³/mol. The van der Waals surface area contributed by atoms with Gasteiger partial charge in [-0.3, -0.25) is 0 Å². The Kier molecular flexibility index (Phi) is 6.39. The lowest BCUT2D eigenvalue weighted by Gasteiger charge is -2.19. The van der Waals surface area contributed by atoms with Crippen LogP contribution in [0.4, 0.5) is 0 Å². The summed E-state index contributed by atoms with van der Waals surface area (Å²) < 4.78 is 0. The van der Waals surface area contributed by atoms with Gasteiger partial charge in [0.2, 0.25) is 0 Å². The van der Waals surface area contributed by atoms with Gasteiger partial charge in [-0.05, 0) is 43.4 Å². The molecule has 5 heteroatoms. The summed E-state index contributed by atoms with van der Waals surface area (Å²) in [5.41, 5.74) is 6.38. The lowest BCUT2D eigenvalue weighted by molar-refractivity contribution is 0.581. The summed E-state index contributed by atoms with van der Waals surface area (Å²) in [7, 11) is 0. The Labute approximate surface area is 122 Å². The van der Waals surface area contributed by atoms with Crippen LogP contribution >= 0.6 is 46.4 Å². The summed E-state index contributed by atoms with van der Waals surface area (Å²) in [5, 5.41) is 1.90. The molecule has 0 saturated heterocycles. The summed E-state index contributed by atoms with van der Waals surface area (Å²) in [5.74, 6) is 0.245. The first-order valence-electron chi connectivity index (χ1n) is 5.55. The van der Waals surface area contributed by atoms with E-state index in [9.17, 15) is 0 Å². The minimum absolute atomic E-state index is 0.245. The first-order valence-corrected chi connectivity index (χ1v) is 7.07. The highest BCUT2D eigenvalue weighted by Gasteiger charge is 2.20. The van der Waals surface area contributed by atoms with Gasteiger partial charge in [-0.15, -0.1) is 0 Å². The molecule has 1 aromatic carbocycles. The van der Waals surface area contributed by atoms with Crippen LogP contribution in [0.2, 0.25) is 20.1 Å². The van der Waals surface area contributed by atoms with E-state index in [0.717, 1.165) is 24.8 Å². The van der Waals surface area contributed by atoms with Crippen molar-refractivity contribution in [2.24, 2.45) is 5.73 Å². The number of benzene rings is 1. The summed E-state index contributed by atoms with van der Waals surface area (Å²) >= 11 is 24.5. The average Bonchev–Trinajstić information content (AvgIpc) is 2.31. The number of halogens is 4. The number of nitrogens with two attached hydrogens (primary N) is 1. The van der Waals surface area contributed by atoms with Crippen LogP contribution in [-0.4, -0.2) is 6.54 Å². The van der Waals surface area contributed by atoms with E-state index in [1.807, 2.05) is 0 Å². The van der Waals surface area contributed by atoms with Crippen LogP contribution in [-0.2, 0) is 0 Å². The third-order valence-corrected chi connectivity index (χ3v) is 4.41. The van der Waals surface area contributed by atoms with Gasteiger partial charge in [-0.25, -0.2) is 0 Å². The van der Waals surface area contributed by atoms with E-state index < -0.39 is 0 Å². The molecule has 0 aliphatic carbocycles. The smallest absolute Gasteiger partial charge is 0.0643 e. The highest BCUT2D eigenvalue weighted by molar-refractivity contribution is 6.48. The topological polar surface area (TPSA) is 26.0 Å². The van der Waals surface area contributed by atoms with E-state index in [1.54, 1.807) is 6.07 Å². The fourth-order valence-corrected chi connectivity index (χ4v) is 3.00. The molecular weight excluding hydrogens is 300 g/mol. The molecule has 1 rings (SSSR count). The molecule has 0 spiro atoms. The van der Waals surface area contributed by atoms with Gasteiger partial charge < -0.3 is 5.73 Å². The third-order valence-electron chi connectivity index (χ3n) is 2.80. The Morgan fingerprint density at radius 1 is 1.12 bits per heavy atom. The fraction of sp³-hybridized carbons (Fsp3) is 0.500. The van der Waals surface area contributed by atoms with Crippen molar-refractivity contribution < 1.29 is 0 Å². The van der Waals surface area contributed by atoms with E-state index in [1.165, 1.54) is 0 Å². The molecule has 0 fully saturated rings. The lowest BCUT2D eigenvalue weighted by atomic mass is 9.91. The second-order valence-electron chi connectivity index (χ2n) is 3.92. The molecule has 0 saturated carbocycles. The van der Waals surface area contributed by atoms with Crippen molar-refractivity contribution in [2.75, 3.05) is 6.54 Å². The number of rotatable bonds is 5. The van der Waals surface area contributed by atoms with Gasteiger partial charge in [-0.1, -0.05) is 53.3 Å². The van der Waals surface area contributed by atoms with Crippen molar-refractivity contribution >= 4 is 46.4 Å². The standard InChI is InChI=1S/C12H15Cl4N/c1-2-7(4-3-5-17)10-11(15)8(13)6-9(14)12(10)16/h6-7H,2-5,17H2,1H3. The van der Waals surface area contributed by atoms with Crippen molar-refractivity contribution in [1.82, 2.24) is 0 Å². The molecule has 17 heavy (non-hydrogen) atoms. The Morgan fingerprint density at radius 2 is 1.65 bits per heavy atom. The molecule has 0 aromatic heterocycles. The van der Waals surface area contributed by atoms with E-state index in [-0.39, 0.29) is 5.92 Å². The van der Waals surface area contributed by atoms with E-state index in [4.69, 9.17) is 52.1 Å². The second-order valence-corrected chi connectivity index (χ2v) is 5.49. The van der Waals surface area contributed by atoms with E-state index >= 15 is 0 Å². The van der Waals surface area contributed by atoms with Crippen molar-refractivity contribution in [2.45, 2.75) is 32.1 Å². The Hall–Kier alpha value is 0.340. The molecule has 1 aromatic rings. The molecule has 96 valence electrons. The first-order chi connectivity index (χ1) is 8.02. The molecule has 0 aliphatic rings. The molecule has 1 atom stereocenters. The summed E-state index contributed by atoms with van der Waals surface area (Å²) in [6, 6.07) is 1.58. The van der Waals surface area contributed by atoms with Crippen LogP contribution in [0.15, 0.2) is 6.07 Å². The van der Waals surface area contributed by atoms with Crippen molar-refractivity contribution in [3.05, 3.63) is 31.7 Å². The van der Waals surface area contributed by atoms with Gasteiger partial charge in [0.15, 0.2) is 0 Å². The zero-order valence-electron chi connectivity index (χ0n) is 9.57. The molecule has 0 radical (unpaired) electrons. The Balaban J connectivity index is 3.17. The maximum absolute atomic E-state index is 6.22. The zero-order valence-corrected chi connectivity index (χ0v) is 12.6. The SMILES string of the molecule is CCC(CCCN)c1c(Cl)c(Cl)cc(Cl)c1Cl. The second kappa shape index (κ2) is 7.06. The minimum atomic E-state index is 0.245. The van der Waals surface area contributed by atoms with Gasteiger partial charge in [0, 0.05) is 0 Å². The van der Waals surface area contributed by atoms with Gasteiger partial charge >= 0.3 is 0 Å². The monoisotopic (exact) mass is 313 g/mol. The normalized spacial score (nSPS) is 12.8. The fourth-order valence-electron chi connectivity index (χ4n) is 1.87. The van der Waals surface area contributed by atoms with Gasteiger partial charge in [0.1, 0.15) is 0 Å². The van der Waals surface area contributed by atoms with Crippen LogP contribution in [0.3, 0.4) is 0 Å². The van der Waals surface area contributed by atoms with Crippen LogP contribution in [0, 0.1) is 0 Å². The summed E-state index contributed by atoms with van der Waals surface area (Å²) in [6.45, 7) is 2.74. The van der Waals surface area contributed by atoms with Crippen molar-refractivity contribution in [3.63, 3.8) is 0 Å². The molecule has 1 unspecified atom stereocenters. The maximum Gasteiger partial charge on any atom is 0.0643 e. The third kappa shape index (κ3) is 3.65. The van der Waals surface area contributed by atoms with Crippen LogP contribution in [0.1, 0.15) is 37.7 Å². The highest BCUT2D eigenvalue weighted by Crippen LogP contribution is 2.43. The largest absolute Gasteiger partial charge is 0.330 e. The highest BCUT2D eigenvalue weighted by atomic mass is 35.5. The van der Waals surface area contributed by atoms with E-state index in [0.29, 0.717) is 26.6 Å². The molecule has 0 aliphatic heterocycles. The molecule has 0 amide bonds. The van der Waals surface area contributed by atoms with E-state index in [2.05, 4.69) is 6.92 Å². The molecule has 1 nitrogen and oxygen atoms in total. The predicted octanol–water partition coefficient (Wildman–Crippen LogP) is 5.53. The van der Waals surface area contributed by atoms with Gasteiger partial charge in [0.05, 0.1) is 20.1 Å². The summed E-state index contributed by atoms with van der Waals surface area (Å²) in [4.78, 5) is 0. The van der Waals surface area contributed by atoms with Crippen molar-refractivity contribution in [1.29, 1.82) is 0 Å². The summed E-state index contributed by atoms with van der Waals surface area (Å²) in [6.07, 6.45) is 2.79. The lowest BCUT2D eigenvalue weighted by Crippen LogP contribution is -2.05. The van der Waals surface area contributed by atoms with Crippen LogP contribution in [0.25, 0.3) is 0 Å². The minimum Gasteiger partial charge on any atom is -0.330 e. The molecule has 2 N–H and O–H groups in total. The zero-order chi connectivity index (χ0) is 13.0. The quantitative estimate of drug-likeness (QED) is 0.710. The van der Waals surface area contributed by atoms with Crippen LogP contribution < -0.4 is 5.73 Å². The first kappa shape index (κ1) is 15.4. The van der Waals surface area contributed by atoms with Crippen molar-refractivity contribution in [3.8, 4) is 0 Å². The molecular formula is C12H15Cl4N. The van der Waals surface area contributed by atoms with Gasteiger partial charge in [-0.2, -0.15) is 0 Å². The number of hydrogen-bond acceptors (Lipinski definition) is 1. The maximum atomic E-state index is 6.22. The Morgan fingerprint density at radius 3 is 2.06 bits per heavy atom. The average molecular weight is 315 g/mol.